The summed E-state index contributed by atoms with van der Waals surface area (Å²) in [6, 6.07) is 58.7. The molecule has 0 spiro atoms. The first kappa shape index (κ1) is 31.1. The molecule has 8 aromatic carbocycles. The molecular formula is C50H41N. The lowest BCUT2D eigenvalue weighted by atomic mass is 9.77. The predicted molar refractivity (Wildman–Crippen MR) is 220 cm³/mol. The Morgan fingerprint density at radius 3 is 1.55 bits per heavy atom. The van der Waals surface area contributed by atoms with E-state index in [9.17, 15) is 0 Å². The first-order chi connectivity index (χ1) is 24.7. The largest absolute Gasteiger partial charge is 0.310 e. The van der Waals surface area contributed by atoms with E-state index in [-0.39, 0.29) is 5.41 Å². The van der Waals surface area contributed by atoms with Gasteiger partial charge in [-0.3, -0.25) is 0 Å². The minimum absolute atomic E-state index is 0.150. The number of para-hydroxylation sites is 1. The number of anilines is 3. The van der Waals surface area contributed by atoms with E-state index in [4.69, 9.17) is 0 Å². The van der Waals surface area contributed by atoms with Crippen LogP contribution in [0.2, 0.25) is 0 Å². The van der Waals surface area contributed by atoms with Gasteiger partial charge in [-0.05, 0) is 157 Å². The summed E-state index contributed by atoms with van der Waals surface area (Å²) in [7, 11) is 0. The molecule has 9 rings (SSSR count). The number of rotatable bonds is 5. The lowest BCUT2D eigenvalue weighted by molar-refractivity contribution is 0.590. The van der Waals surface area contributed by atoms with Crippen LogP contribution in [0.1, 0.15) is 37.5 Å². The van der Waals surface area contributed by atoms with Gasteiger partial charge in [-0.1, -0.05) is 124 Å². The molecule has 51 heavy (non-hydrogen) atoms. The Morgan fingerprint density at radius 1 is 0.373 bits per heavy atom. The Labute approximate surface area is 301 Å². The minimum Gasteiger partial charge on any atom is -0.310 e. The van der Waals surface area contributed by atoms with Gasteiger partial charge in [0.1, 0.15) is 0 Å². The van der Waals surface area contributed by atoms with Crippen LogP contribution in [0.3, 0.4) is 0 Å². The fraction of sp³-hybridized carbons (Fsp3) is 0.120. The van der Waals surface area contributed by atoms with E-state index in [2.05, 4.69) is 197 Å². The Hall–Kier alpha value is -5.92. The first-order valence-electron chi connectivity index (χ1n) is 18.0. The Kier molecular flexibility index (Phi) is 7.22. The van der Waals surface area contributed by atoms with Crippen molar-refractivity contribution in [3.05, 3.63) is 174 Å². The van der Waals surface area contributed by atoms with Crippen LogP contribution in [0.4, 0.5) is 17.1 Å². The molecule has 0 amide bonds. The third-order valence-corrected chi connectivity index (χ3v) is 10.8. The predicted octanol–water partition coefficient (Wildman–Crippen LogP) is 14.4. The molecule has 1 aliphatic carbocycles. The van der Waals surface area contributed by atoms with Crippen LogP contribution in [-0.2, 0) is 5.41 Å². The van der Waals surface area contributed by atoms with Crippen molar-refractivity contribution in [1.29, 1.82) is 0 Å². The average molecular weight is 656 g/mol. The monoisotopic (exact) mass is 655 g/mol. The van der Waals surface area contributed by atoms with E-state index in [1.807, 2.05) is 0 Å². The van der Waals surface area contributed by atoms with E-state index < -0.39 is 0 Å². The molecular weight excluding hydrogens is 615 g/mol. The van der Waals surface area contributed by atoms with Crippen molar-refractivity contribution in [2.45, 2.75) is 40.0 Å². The third kappa shape index (κ3) is 5.41. The van der Waals surface area contributed by atoms with Gasteiger partial charge >= 0.3 is 0 Å². The van der Waals surface area contributed by atoms with Gasteiger partial charge in [-0.15, -0.1) is 0 Å². The van der Waals surface area contributed by atoms with E-state index in [0.717, 1.165) is 5.69 Å². The zero-order chi connectivity index (χ0) is 34.9. The Bertz CT molecular complexity index is 2620. The van der Waals surface area contributed by atoms with Crippen LogP contribution < -0.4 is 4.90 Å². The SMILES string of the molecule is Cc1ccccc1N(c1ccc2cc3c(cc2c1)-c1cc2ccc(-c4ccc(C(C)(C)C)cc4)cc2cc1-3)c1cc(-c2ccccc2)ccc1C. The van der Waals surface area contributed by atoms with Crippen molar-refractivity contribution in [3.8, 4) is 44.5 Å². The van der Waals surface area contributed by atoms with Crippen molar-refractivity contribution < 1.29 is 0 Å². The van der Waals surface area contributed by atoms with Crippen molar-refractivity contribution in [3.63, 3.8) is 0 Å². The number of hydrogen-bond acceptors (Lipinski definition) is 1. The zero-order valence-electron chi connectivity index (χ0n) is 30.0. The van der Waals surface area contributed by atoms with E-state index >= 15 is 0 Å². The van der Waals surface area contributed by atoms with E-state index in [1.54, 1.807) is 0 Å². The number of benzene rings is 8. The summed E-state index contributed by atoms with van der Waals surface area (Å²) in [6.07, 6.45) is 0. The normalized spacial score (nSPS) is 12.0. The van der Waals surface area contributed by atoms with Crippen LogP contribution >= 0.6 is 0 Å². The van der Waals surface area contributed by atoms with Crippen molar-refractivity contribution in [1.82, 2.24) is 0 Å². The van der Waals surface area contributed by atoms with Crippen LogP contribution in [-0.4, -0.2) is 0 Å². The second-order valence-corrected chi connectivity index (χ2v) is 15.2. The van der Waals surface area contributed by atoms with Crippen molar-refractivity contribution >= 4 is 38.6 Å². The third-order valence-electron chi connectivity index (χ3n) is 10.8. The summed E-state index contributed by atoms with van der Waals surface area (Å²) in [5, 5.41) is 5.08. The molecule has 0 aromatic heterocycles. The highest BCUT2D eigenvalue weighted by atomic mass is 15.1. The van der Waals surface area contributed by atoms with Crippen LogP contribution in [0.15, 0.2) is 158 Å². The Morgan fingerprint density at radius 2 is 0.882 bits per heavy atom. The lowest BCUT2D eigenvalue weighted by Gasteiger charge is -2.30. The highest BCUT2D eigenvalue weighted by molar-refractivity contribution is 6.12. The summed E-state index contributed by atoms with van der Waals surface area (Å²) < 4.78 is 0. The van der Waals surface area contributed by atoms with Gasteiger partial charge in [0.05, 0.1) is 0 Å². The lowest BCUT2D eigenvalue weighted by Crippen LogP contribution is -2.13. The van der Waals surface area contributed by atoms with Gasteiger partial charge in [0.2, 0.25) is 0 Å². The summed E-state index contributed by atoms with van der Waals surface area (Å²) in [5.74, 6) is 0. The zero-order valence-corrected chi connectivity index (χ0v) is 30.0. The van der Waals surface area contributed by atoms with Gasteiger partial charge in [0.25, 0.3) is 0 Å². The standard InChI is InChI=1S/C50H41N/c1-32-11-9-10-14-48(32)51(49-31-39(16-15-33(49)2)34-12-7-6-8-13-34)43-24-21-38-28-45-46-29-40-25-36(35-19-22-42(23-20-35)50(3,4)5)17-18-37(40)27-44(46)47(45)30-41(38)26-43/h6-31H,1-5H3. The van der Waals surface area contributed by atoms with E-state index in [1.165, 1.54) is 94.1 Å². The highest BCUT2D eigenvalue weighted by Crippen LogP contribution is 2.51. The minimum atomic E-state index is 0.150. The molecule has 8 aromatic rings. The maximum Gasteiger partial charge on any atom is 0.0497 e. The maximum absolute atomic E-state index is 2.44. The summed E-state index contributed by atoms with van der Waals surface area (Å²) in [5.41, 5.74) is 17.8. The molecule has 0 fully saturated rings. The second kappa shape index (κ2) is 11.9. The number of aryl methyl sites for hydroxylation is 2. The molecule has 0 saturated carbocycles. The molecule has 0 unspecified atom stereocenters. The Balaban J connectivity index is 1.11. The molecule has 0 radical (unpaired) electrons. The molecule has 0 bridgehead atoms. The quantitative estimate of drug-likeness (QED) is 0.178. The fourth-order valence-electron chi connectivity index (χ4n) is 7.78. The first-order valence-corrected chi connectivity index (χ1v) is 18.0. The molecule has 1 nitrogen and oxygen atoms in total. The molecule has 1 heteroatoms. The van der Waals surface area contributed by atoms with Crippen LogP contribution in [0.5, 0.6) is 0 Å². The summed E-state index contributed by atoms with van der Waals surface area (Å²) in [4.78, 5) is 2.44. The van der Waals surface area contributed by atoms with Gasteiger partial charge in [-0.25, -0.2) is 0 Å². The maximum atomic E-state index is 2.44. The number of hydrogen-bond donors (Lipinski definition) is 0. The molecule has 1 aliphatic rings. The van der Waals surface area contributed by atoms with Gasteiger partial charge in [0.15, 0.2) is 0 Å². The topological polar surface area (TPSA) is 3.24 Å². The molecule has 0 saturated heterocycles. The van der Waals surface area contributed by atoms with Crippen molar-refractivity contribution in [2.24, 2.45) is 0 Å². The molecule has 0 N–H and O–H groups in total. The molecule has 0 heterocycles. The van der Waals surface area contributed by atoms with Crippen molar-refractivity contribution in [2.75, 3.05) is 4.90 Å². The highest BCUT2D eigenvalue weighted by Gasteiger charge is 2.25. The van der Waals surface area contributed by atoms with Gasteiger partial charge < -0.3 is 4.90 Å². The van der Waals surface area contributed by atoms with Gasteiger partial charge in [-0.2, -0.15) is 0 Å². The molecule has 0 aliphatic heterocycles. The second-order valence-electron chi connectivity index (χ2n) is 15.2. The number of nitrogens with zero attached hydrogens (tertiary/aromatic N) is 1. The molecule has 0 atom stereocenters. The van der Waals surface area contributed by atoms with Crippen LogP contribution in [0.25, 0.3) is 66.1 Å². The molecule has 246 valence electrons. The van der Waals surface area contributed by atoms with Gasteiger partial charge in [0, 0.05) is 17.1 Å². The van der Waals surface area contributed by atoms with Crippen LogP contribution in [0, 0.1) is 13.8 Å². The fourth-order valence-corrected chi connectivity index (χ4v) is 7.78. The smallest absolute Gasteiger partial charge is 0.0497 e. The number of fused-ring (bicyclic) bond motifs is 6. The summed E-state index contributed by atoms with van der Waals surface area (Å²) in [6.45, 7) is 11.2. The average Bonchev–Trinajstić information content (AvgIpc) is 3.15. The summed E-state index contributed by atoms with van der Waals surface area (Å²) >= 11 is 0. The van der Waals surface area contributed by atoms with E-state index in [0.29, 0.717) is 0 Å².